The lowest BCUT2D eigenvalue weighted by Crippen LogP contribution is -2.51. The molecule has 1 aliphatic heterocycles. The summed E-state index contributed by atoms with van der Waals surface area (Å²) in [5, 5.41) is 0. The minimum Gasteiger partial charge on any atom is -0.340 e. The van der Waals surface area contributed by atoms with Crippen molar-refractivity contribution in [2.24, 2.45) is 5.41 Å². The first-order valence-corrected chi connectivity index (χ1v) is 9.58. The quantitative estimate of drug-likeness (QED) is 0.833. The molecule has 0 atom stereocenters. The van der Waals surface area contributed by atoms with Crippen molar-refractivity contribution in [3.05, 3.63) is 35.4 Å². The SMILES string of the molecule is CC(C)c1ccc(CN2CCN(C(=O)C3(C)CCCC3)CC2)cc1. The van der Waals surface area contributed by atoms with E-state index < -0.39 is 0 Å². The van der Waals surface area contributed by atoms with Crippen LogP contribution in [0.15, 0.2) is 24.3 Å². The topological polar surface area (TPSA) is 23.6 Å². The molecule has 0 N–H and O–H groups in total. The van der Waals surface area contributed by atoms with Gasteiger partial charge in [0.2, 0.25) is 5.91 Å². The van der Waals surface area contributed by atoms with Gasteiger partial charge in [0.1, 0.15) is 0 Å². The third-order valence-corrected chi connectivity index (χ3v) is 5.94. The summed E-state index contributed by atoms with van der Waals surface area (Å²) in [5.41, 5.74) is 2.70. The van der Waals surface area contributed by atoms with Gasteiger partial charge < -0.3 is 4.90 Å². The fraction of sp³-hybridized carbons (Fsp3) is 0.667. The van der Waals surface area contributed by atoms with Crippen molar-refractivity contribution in [1.82, 2.24) is 9.80 Å². The normalized spacial score (nSPS) is 21.4. The molecule has 132 valence electrons. The standard InChI is InChI=1S/C21H32N2O/c1-17(2)19-8-6-18(7-9-19)16-22-12-14-23(15-13-22)20(24)21(3)10-4-5-11-21/h6-9,17H,4-5,10-16H2,1-3H3. The van der Waals surface area contributed by atoms with Gasteiger partial charge in [-0.2, -0.15) is 0 Å². The predicted octanol–water partition coefficient (Wildman–Crippen LogP) is 4.03. The Kier molecular flexibility index (Phi) is 5.29. The highest BCUT2D eigenvalue weighted by molar-refractivity contribution is 5.82. The maximum absolute atomic E-state index is 12.8. The van der Waals surface area contributed by atoms with Crippen LogP contribution >= 0.6 is 0 Å². The van der Waals surface area contributed by atoms with Crippen LogP contribution < -0.4 is 0 Å². The molecule has 1 saturated heterocycles. The zero-order chi connectivity index (χ0) is 17.2. The van der Waals surface area contributed by atoms with Gasteiger partial charge in [-0.3, -0.25) is 9.69 Å². The van der Waals surface area contributed by atoms with Gasteiger partial charge in [-0.25, -0.2) is 0 Å². The molecule has 1 amide bonds. The summed E-state index contributed by atoms with van der Waals surface area (Å²) in [5.74, 6) is 0.992. The van der Waals surface area contributed by atoms with Crippen molar-refractivity contribution < 1.29 is 4.79 Å². The average molecular weight is 329 g/mol. The highest BCUT2D eigenvalue weighted by Gasteiger charge is 2.39. The smallest absolute Gasteiger partial charge is 0.228 e. The zero-order valence-electron chi connectivity index (χ0n) is 15.6. The van der Waals surface area contributed by atoms with Crippen LogP contribution in [0, 0.1) is 5.41 Å². The molecule has 1 aromatic carbocycles. The minimum absolute atomic E-state index is 0.0746. The van der Waals surface area contributed by atoms with Crippen LogP contribution in [-0.2, 0) is 11.3 Å². The van der Waals surface area contributed by atoms with Gasteiger partial charge in [-0.05, 0) is 29.9 Å². The summed E-state index contributed by atoms with van der Waals surface area (Å²) in [7, 11) is 0. The molecule has 1 aliphatic carbocycles. The minimum atomic E-state index is -0.0746. The molecule has 1 aromatic rings. The van der Waals surface area contributed by atoms with Crippen molar-refractivity contribution in [3.63, 3.8) is 0 Å². The van der Waals surface area contributed by atoms with E-state index in [-0.39, 0.29) is 5.41 Å². The van der Waals surface area contributed by atoms with Crippen molar-refractivity contribution in [1.29, 1.82) is 0 Å². The fourth-order valence-corrected chi connectivity index (χ4v) is 4.13. The summed E-state index contributed by atoms with van der Waals surface area (Å²) in [6.45, 7) is 11.4. The van der Waals surface area contributed by atoms with E-state index in [0.29, 0.717) is 11.8 Å². The van der Waals surface area contributed by atoms with Gasteiger partial charge in [0.05, 0.1) is 0 Å². The van der Waals surface area contributed by atoms with Crippen molar-refractivity contribution in [3.8, 4) is 0 Å². The number of hydrogen-bond donors (Lipinski definition) is 0. The summed E-state index contributed by atoms with van der Waals surface area (Å²) < 4.78 is 0. The molecule has 3 rings (SSSR count). The number of amides is 1. The number of rotatable bonds is 4. The first kappa shape index (κ1) is 17.5. The molecule has 0 bridgehead atoms. The Bertz CT molecular complexity index is 550. The Morgan fingerprint density at radius 2 is 1.62 bits per heavy atom. The van der Waals surface area contributed by atoms with E-state index in [0.717, 1.165) is 45.6 Å². The highest BCUT2D eigenvalue weighted by Crippen LogP contribution is 2.39. The van der Waals surface area contributed by atoms with Gasteiger partial charge in [0.25, 0.3) is 0 Å². The van der Waals surface area contributed by atoms with Crippen molar-refractivity contribution in [2.75, 3.05) is 26.2 Å². The Morgan fingerprint density at radius 1 is 1.04 bits per heavy atom. The Balaban J connectivity index is 1.51. The third kappa shape index (κ3) is 3.83. The lowest BCUT2D eigenvalue weighted by atomic mass is 9.87. The van der Waals surface area contributed by atoms with E-state index in [4.69, 9.17) is 0 Å². The Hall–Kier alpha value is -1.35. The zero-order valence-corrected chi connectivity index (χ0v) is 15.6. The first-order valence-electron chi connectivity index (χ1n) is 9.58. The van der Waals surface area contributed by atoms with Crippen LogP contribution in [0.4, 0.5) is 0 Å². The second-order valence-electron chi connectivity index (χ2n) is 8.23. The summed E-state index contributed by atoms with van der Waals surface area (Å²) in [6, 6.07) is 9.01. The van der Waals surface area contributed by atoms with Crippen LogP contribution in [0.1, 0.15) is 63.5 Å². The molecule has 3 nitrogen and oxygen atoms in total. The van der Waals surface area contributed by atoms with Crippen molar-refractivity contribution >= 4 is 5.91 Å². The summed E-state index contributed by atoms with van der Waals surface area (Å²) in [4.78, 5) is 17.4. The highest BCUT2D eigenvalue weighted by atomic mass is 16.2. The molecule has 1 saturated carbocycles. The van der Waals surface area contributed by atoms with Crippen LogP contribution in [-0.4, -0.2) is 41.9 Å². The number of carbonyl (C=O) groups excluding carboxylic acids is 1. The van der Waals surface area contributed by atoms with Gasteiger partial charge in [0.15, 0.2) is 0 Å². The number of piperazine rings is 1. The number of carbonyl (C=O) groups is 1. The summed E-state index contributed by atoms with van der Waals surface area (Å²) >= 11 is 0. The number of benzene rings is 1. The number of hydrogen-bond acceptors (Lipinski definition) is 2. The van der Waals surface area contributed by atoms with Crippen molar-refractivity contribution in [2.45, 2.75) is 58.9 Å². The van der Waals surface area contributed by atoms with E-state index in [1.54, 1.807) is 0 Å². The molecule has 0 unspecified atom stereocenters. The van der Waals surface area contributed by atoms with Gasteiger partial charge in [-0.1, -0.05) is 57.9 Å². The molecule has 1 heterocycles. The van der Waals surface area contributed by atoms with Crippen LogP contribution in [0.25, 0.3) is 0 Å². The molecule has 2 aliphatic rings. The molecule has 2 fully saturated rings. The van der Waals surface area contributed by atoms with E-state index in [1.165, 1.54) is 24.0 Å². The third-order valence-electron chi connectivity index (χ3n) is 5.94. The summed E-state index contributed by atoms with van der Waals surface area (Å²) in [6.07, 6.45) is 4.59. The maximum atomic E-state index is 12.8. The van der Waals surface area contributed by atoms with Gasteiger partial charge in [-0.15, -0.1) is 0 Å². The maximum Gasteiger partial charge on any atom is 0.228 e. The van der Waals surface area contributed by atoms with Crippen LogP contribution in [0.3, 0.4) is 0 Å². The van der Waals surface area contributed by atoms with Crippen LogP contribution in [0.2, 0.25) is 0 Å². The Labute approximate surface area is 147 Å². The molecule has 0 aromatic heterocycles. The molecular weight excluding hydrogens is 296 g/mol. The molecule has 0 spiro atoms. The van der Waals surface area contributed by atoms with E-state index in [2.05, 4.69) is 54.8 Å². The van der Waals surface area contributed by atoms with E-state index in [9.17, 15) is 4.79 Å². The molecule has 0 radical (unpaired) electrons. The van der Waals surface area contributed by atoms with E-state index >= 15 is 0 Å². The lowest BCUT2D eigenvalue weighted by Gasteiger charge is -2.38. The van der Waals surface area contributed by atoms with E-state index in [1.807, 2.05) is 0 Å². The predicted molar refractivity (Wildman–Crippen MR) is 99.0 cm³/mol. The van der Waals surface area contributed by atoms with Crippen LogP contribution in [0.5, 0.6) is 0 Å². The molecule has 24 heavy (non-hydrogen) atoms. The number of nitrogens with zero attached hydrogens (tertiary/aromatic N) is 2. The average Bonchev–Trinajstić information content (AvgIpc) is 3.03. The monoisotopic (exact) mass is 328 g/mol. The van der Waals surface area contributed by atoms with Gasteiger partial charge >= 0.3 is 0 Å². The molecular formula is C21H32N2O. The van der Waals surface area contributed by atoms with Gasteiger partial charge in [0, 0.05) is 38.1 Å². The second kappa shape index (κ2) is 7.26. The Morgan fingerprint density at radius 3 is 2.17 bits per heavy atom. The largest absolute Gasteiger partial charge is 0.340 e. The first-order chi connectivity index (χ1) is 11.5. The lowest BCUT2D eigenvalue weighted by molar-refractivity contribution is -0.142. The molecule has 3 heteroatoms. The fourth-order valence-electron chi connectivity index (χ4n) is 4.13. The second-order valence-corrected chi connectivity index (χ2v) is 8.23.